The Hall–Kier alpha value is -2.33. The van der Waals surface area contributed by atoms with Crippen LogP contribution in [0.4, 0.5) is 0 Å². The Morgan fingerprint density at radius 3 is 2.40 bits per heavy atom. The molecule has 1 saturated heterocycles. The van der Waals surface area contributed by atoms with Gasteiger partial charge in [0.2, 0.25) is 0 Å². The maximum atomic E-state index is 11.9. The highest BCUT2D eigenvalue weighted by Crippen LogP contribution is 2.33. The van der Waals surface area contributed by atoms with E-state index in [0.29, 0.717) is 16.7 Å². The van der Waals surface area contributed by atoms with Gasteiger partial charge in [0.15, 0.2) is 0 Å². The van der Waals surface area contributed by atoms with Crippen LogP contribution in [0.15, 0.2) is 42.5 Å². The molecule has 162 valence electrons. The SMILES string of the molecule is CNC(=O)c1cccc(-c2ccc([C@@H](O)C3O[C@H](CO)[C@@H](O)[C@H](O)[C@@H]3O)c(C)c2)c1. The molecule has 1 heterocycles. The first-order valence-corrected chi connectivity index (χ1v) is 9.70. The Morgan fingerprint density at radius 2 is 1.77 bits per heavy atom. The Labute approximate surface area is 174 Å². The van der Waals surface area contributed by atoms with E-state index >= 15 is 0 Å². The monoisotopic (exact) mass is 417 g/mol. The molecule has 3 rings (SSSR count). The van der Waals surface area contributed by atoms with Crippen LogP contribution in [0, 0.1) is 6.92 Å². The van der Waals surface area contributed by atoms with Crippen LogP contribution in [0.2, 0.25) is 0 Å². The molecule has 2 aromatic rings. The number of nitrogens with one attached hydrogen (secondary N) is 1. The molecule has 0 bridgehead atoms. The summed E-state index contributed by atoms with van der Waals surface area (Å²) in [5.74, 6) is -0.191. The van der Waals surface area contributed by atoms with Crippen molar-refractivity contribution in [3.05, 3.63) is 59.2 Å². The molecule has 30 heavy (non-hydrogen) atoms. The van der Waals surface area contributed by atoms with E-state index in [9.17, 15) is 30.3 Å². The van der Waals surface area contributed by atoms with Crippen molar-refractivity contribution in [2.45, 2.75) is 43.5 Å². The van der Waals surface area contributed by atoms with Gasteiger partial charge in [-0.2, -0.15) is 0 Å². The van der Waals surface area contributed by atoms with E-state index in [4.69, 9.17) is 4.74 Å². The molecule has 0 saturated carbocycles. The molecule has 0 aromatic heterocycles. The van der Waals surface area contributed by atoms with Gasteiger partial charge in [-0.3, -0.25) is 4.79 Å². The van der Waals surface area contributed by atoms with Crippen molar-refractivity contribution in [3.63, 3.8) is 0 Å². The standard InChI is InChI=1S/C22H27NO7/c1-11-8-13(12-4-3-5-14(9-12)22(29)23-2)6-7-15(11)17(25)21-20(28)19(27)18(26)16(10-24)30-21/h3-9,16-21,24-28H,10H2,1-2H3,(H,23,29)/t16-,17-,18-,19+,20+,21?/m1/s1. The number of hydrogen-bond donors (Lipinski definition) is 6. The summed E-state index contributed by atoms with van der Waals surface area (Å²) < 4.78 is 5.47. The second-order valence-corrected chi connectivity index (χ2v) is 7.47. The van der Waals surface area contributed by atoms with Crippen LogP contribution >= 0.6 is 0 Å². The van der Waals surface area contributed by atoms with E-state index in [1.165, 1.54) is 0 Å². The summed E-state index contributed by atoms with van der Waals surface area (Å²) in [6, 6.07) is 12.4. The third-order valence-corrected chi connectivity index (χ3v) is 5.51. The van der Waals surface area contributed by atoms with E-state index in [-0.39, 0.29) is 5.91 Å². The smallest absolute Gasteiger partial charge is 0.251 e. The third-order valence-electron chi connectivity index (χ3n) is 5.51. The lowest BCUT2D eigenvalue weighted by Crippen LogP contribution is -2.59. The lowest BCUT2D eigenvalue weighted by atomic mass is 9.87. The van der Waals surface area contributed by atoms with Crippen LogP contribution in [0.1, 0.15) is 27.6 Å². The fourth-order valence-corrected chi connectivity index (χ4v) is 3.74. The number of aliphatic hydroxyl groups excluding tert-OH is 5. The Balaban J connectivity index is 1.87. The lowest BCUT2D eigenvalue weighted by molar-refractivity contribution is -0.250. The second kappa shape index (κ2) is 9.22. The van der Waals surface area contributed by atoms with Gasteiger partial charge in [-0.1, -0.05) is 30.3 Å². The number of aliphatic hydroxyl groups is 5. The molecule has 0 radical (unpaired) electrons. The maximum Gasteiger partial charge on any atom is 0.251 e. The summed E-state index contributed by atoms with van der Waals surface area (Å²) in [6.07, 6.45) is -8.16. The van der Waals surface area contributed by atoms with Gasteiger partial charge in [-0.15, -0.1) is 0 Å². The maximum absolute atomic E-state index is 11.9. The molecular weight excluding hydrogens is 390 g/mol. The summed E-state index contributed by atoms with van der Waals surface area (Å²) in [7, 11) is 1.56. The first-order chi connectivity index (χ1) is 14.3. The van der Waals surface area contributed by atoms with Crippen molar-refractivity contribution in [3.8, 4) is 11.1 Å². The van der Waals surface area contributed by atoms with Crippen molar-refractivity contribution >= 4 is 5.91 Å². The molecule has 0 spiro atoms. The Bertz CT molecular complexity index is 901. The zero-order chi connectivity index (χ0) is 22.0. The molecule has 8 heteroatoms. The summed E-state index contributed by atoms with van der Waals surface area (Å²) in [6.45, 7) is 1.22. The van der Waals surface area contributed by atoms with Gasteiger partial charge in [0.25, 0.3) is 5.91 Å². The van der Waals surface area contributed by atoms with Crippen LogP contribution in [-0.4, -0.2) is 75.6 Å². The largest absolute Gasteiger partial charge is 0.394 e. The average molecular weight is 417 g/mol. The zero-order valence-corrected chi connectivity index (χ0v) is 16.8. The van der Waals surface area contributed by atoms with Crippen molar-refractivity contribution in [2.75, 3.05) is 13.7 Å². The zero-order valence-electron chi connectivity index (χ0n) is 16.8. The molecule has 6 atom stereocenters. The van der Waals surface area contributed by atoms with Crippen molar-refractivity contribution in [2.24, 2.45) is 0 Å². The van der Waals surface area contributed by atoms with Crippen LogP contribution in [-0.2, 0) is 4.74 Å². The Kier molecular flexibility index (Phi) is 6.87. The number of amides is 1. The van der Waals surface area contributed by atoms with E-state index in [2.05, 4.69) is 5.32 Å². The minimum Gasteiger partial charge on any atom is -0.394 e. The number of carbonyl (C=O) groups is 1. The number of benzene rings is 2. The average Bonchev–Trinajstić information content (AvgIpc) is 2.76. The molecule has 2 aromatic carbocycles. The predicted octanol–water partition coefficient (Wildman–Crippen LogP) is -0.103. The van der Waals surface area contributed by atoms with Gasteiger partial charge in [-0.05, 0) is 41.3 Å². The molecule has 0 aliphatic carbocycles. The van der Waals surface area contributed by atoms with Crippen LogP contribution in [0.5, 0.6) is 0 Å². The predicted molar refractivity (Wildman–Crippen MR) is 109 cm³/mol. The van der Waals surface area contributed by atoms with Crippen molar-refractivity contribution in [1.82, 2.24) is 5.32 Å². The quantitative estimate of drug-likeness (QED) is 0.399. The van der Waals surface area contributed by atoms with E-state index in [1.54, 1.807) is 44.3 Å². The number of carbonyl (C=O) groups excluding carboxylic acids is 1. The highest BCUT2D eigenvalue weighted by atomic mass is 16.6. The summed E-state index contributed by atoms with van der Waals surface area (Å²) >= 11 is 0. The minimum atomic E-state index is -1.55. The first kappa shape index (κ1) is 22.4. The number of hydrogen-bond acceptors (Lipinski definition) is 7. The van der Waals surface area contributed by atoms with Crippen molar-refractivity contribution in [1.29, 1.82) is 0 Å². The molecule has 1 fully saturated rings. The van der Waals surface area contributed by atoms with Gasteiger partial charge in [0.05, 0.1) is 6.61 Å². The molecular formula is C22H27NO7. The molecule has 1 unspecified atom stereocenters. The third kappa shape index (κ3) is 4.24. The van der Waals surface area contributed by atoms with Gasteiger partial charge in [-0.25, -0.2) is 0 Å². The van der Waals surface area contributed by atoms with Gasteiger partial charge < -0.3 is 35.6 Å². The van der Waals surface area contributed by atoms with Crippen LogP contribution in [0.25, 0.3) is 11.1 Å². The fraction of sp³-hybridized carbons (Fsp3) is 0.409. The highest BCUT2D eigenvalue weighted by Gasteiger charge is 2.46. The topological polar surface area (TPSA) is 139 Å². The van der Waals surface area contributed by atoms with Gasteiger partial charge in [0, 0.05) is 12.6 Å². The number of rotatable bonds is 5. The summed E-state index contributed by atoms with van der Waals surface area (Å²) in [5, 5.41) is 52.9. The molecule has 1 aliphatic rings. The Morgan fingerprint density at radius 1 is 1.07 bits per heavy atom. The number of ether oxygens (including phenoxy) is 1. The van der Waals surface area contributed by atoms with Crippen molar-refractivity contribution < 1.29 is 35.1 Å². The lowest BCUT2D eigenvalue weighted by Gasteiger charge is -2.42. The van der Waals surface area contributed by atoms with Gasteiger partial charge >= 0.3 is 0 Å². The van der Waals surface area contributed by atoms with E-state index in [1.807, 2.05) is 12.1 Å². The molecule has 1 aliphatic heterocycles. The van der Waals surface area contributed by atoms with Crippen LogP contribution < -0.4 is 5.32 Å². The first-order valence-electron chi connectivity index (χ1n) is 9.70. The minimum absolute atomic E-state index is 0.191. The summed E-state index contributed by atoms with van der Waals surface area (Å²) in [5.41, 5.74) is 3.38. The number of aryl methyl sites for hydroxylation is 1. The molecule has 1 amide bonds. The van der Waals surface area contributed by atoms with Gasteiger partial charge in [0.1, 0.15) is 36.6 Å². The molecule has 8 nitrogen and oxygen atoms in total. The second-order valence-electron chi connectivity index (χ2n) is 7.47. The summed E-state index contributed by atoms with van der Waals surface area (Å²) in [4.78, 5) is 11.9. The molecule has 6 N–H and O–H groups in total. The van der Waals surface area contributed by atoms with E-state index in [0.717, 1.165) is 11.1 Å². The van der Waals surface area contributed by atoms with E-state index < -0.39 is 43.2 Å². The van der Waals surface area contributed by atoms with Crippen LogP contribution in [0.3, 0.4) is 0 Å². The normalized spacial score (nSPS) is 27.5. The fourth-order valence-electron chi connectivity index (χ4n) is 3.74. The highest BCUT2D eigenvalue weighted by molar-refractivity contribution is 5.95.